The quantitative estimate of drug-likeness (QED) is 0.388. The fourth-order valence-electron chi connectivity index (χ4n) is 1.82. The van der Waals surface area contributed by atoms with Gasteiger partial charge in [0.2, 0.25) is 5.75 Å². The molecular weight excluding hydrogens is 293 g/mol. The zero-order valence-corrected chi connectivity index (χ0v) is 12.0. The third-order valence-electron chi connectivity index (χ3n) is 2.97. The summed E-state index contributed by atoms with van der Waals surface area (Å²) < 4.78 is 13.5. The molecule has 0 unspecified atom stereocenters. The van der Waals surface area contributed by atoms with Gasteiger partial charge in [-0.15, -0.1) is 0 Å². The number of nitrogens with zero attached hydrogens (tertiary/aromatic N) is 3. The molecule has 22 heavy (non-hydrogen) atoms. The summed E-state index contributed by atoms with van der Waals surface area (Å²) in [4.78, 5) is 23.2. The molecule has 1 aromatic carbocycles. The van der Waals surface area contributed by atoms with Crippen LogP contribution in [-0.2, 0) is 4.79 Å². The molecule has 0 saturated carbocycles. The molecule has 1 amide bonds. The van der Waals surface area contributed by atoms with Crippen molar-refractivity contribution < 1.29 is 19.2 Å². The summed E-state index contributed by atoms with van der Waals surface area (Å²) >= 11 is 0. The Labute approximate surface area is 126 Å². The van der Waals surface area contributed by atoms with Gasteiger partial charge in [-0.25, -0.2) is 4.39 Å². The van der Waals surface area contributed by atoms with Crippen LogP contribution in [0.5, 0.6) is 5.75 Å². The summed E-state index contributed by atoms with van der Waals surface area (Å²) in [6.07, 6.45) is 1.05. The summed E-state index contributed by atoms with van der Waals surface area (Å²) in [5.74, 6) is -2.84. The van der Waals surface area contributed by atoms with Gasteiger partial charge in [0.05, 0.1) is 4.92 Å². The minimum atomic E-state index is -1.20. The van der Waals surface area contributed by atoms with E-state index in [1.54, 1.807) is 19.9 Å². The summed E-state index contributed by atoms with van der Waals surface area (Å²) in [7, 11) is 0. The van der Waals surface area contributed by atoms with E-state index in [4.69, 9.17) is 5.26 Å². The first-order valence-electron chi connectivity index (χ1n) is 6.43. The van der Waals surface area contributed by atoms with E-state index in [-0.39, 0.29) is 11.1 Å². The Morgan fingerprint density at radius 2 is 2.09 bits per heavy atom. The molecule has 1 N–H and O–H groups in total. The van der Waals surface area contributed by atoms with E-state index in [0.717, 1.165) is 18.2 Å². The molecule has 0 aliphatic heterocycles. The Kier molecular flexibility index (Phi) is 5.57. The minimum Gasteiger partial charge on any atom is -0.500 e. The maximum Gasteiger partial charge on any atom is 0.314 e. The lowest BCUT2D eigenvalue weighted by Crippen LogP contribution is -2.31. The molecule has 0 heterocycles. The highest BCUT2D eigenvalue weighted by Gasteiger charge is 2.20. The number of likely N-dealkylation sites (N-methyl/N-ethyl adjacent to an activating group) is 1. The van der Waals surface area contributed by atoms with Gasteiger partial charge in [0.15, 0.2) is 5.82 Å². The second kappa shape index (κ2) is 7.17. The second-order valence-electron chi connectivity index (χ2n) is 4.27. The number of aromatic hydroxyl groups is 1. The van der Waals surface area contributed by atoms with Crippen molar-refractivity contribution in [1.82, 2.24) is 4.90 Å². The zero-order valence-electron chi connectivity index (χ0n) is 12.0. The van der Waals surface area contributed by atoms with E-state index < -0.39 is 28.1 Å². The minimum absolute atomic E-state index is 0.0564. The van der Waals surface area contributed by atoms with E-state index >= 15 is 0 Å². The first kappa shape index (κ1) is 17.1. The number of nitriles is 1. The van der Waals surface area contributed by atoms with Gasteiger partial charge >= 0.3 is 5.69 Å². The van der Waals surface area contributed by atoms with Crippen molar-refractivity contribution in [2.45, 2.75) is 13.8 Å². The molecule has 1 aromatic rings. The molecule has 0 spiro atoms. The number of phenols is 1. The van der Waals surface area contributed by atoms with Crippen LogP contribution >= 0.6 is 0 Å². The van der Waals surface area contributed by atoms with Crippen LogP contribution in [0.4, 0.5) is 10.1 Å². The van der Waals surface area contributed by atoms with Crippen LogP contribution in [-0.4, -0.2) is 33.9 Å². The highest BCUT2D eigenvalue weighted by atomic mass is 19.1. The summed E-state index contributed by atoms with van der Waals surface area (Å²) in [6, 6.07) is 3.41. The van der Waals surface area contributed by atoms with Crippen molar-refractivity contribution in [3.63, 3.8) is 0 Å². The van der Waals surface area contributed by atoms with Gasteiger partial charge in [-0.1, -0.05) is 0 Å². The van der Waals surface area contributed by atoms with Gasteiger partial charge in [-0.3, -0.25) is 14.9 Å². The smallest absolute Gasteiger partial charge is 0.314 e. The average Bonchev–Trinajstić information content (AvgIpc) is 2.48. The number of benzene rings is 1. The Bertz CT molecular complexity index is 675. The Morgan fingerprint density at radius 3 is 2.55 bits per heavy atom. The number of hydrogen-bond donors (Lipinski definition) is 1. The summed E-state index contributed by atoms with van der Waals surface area (Å²) in [6.45, 7) is 4.25. The molecule has 0 radical (unpaired) electrons. The third-order valence-corrected chi connectivity index (χ3v) is 2.97. The number of halogens is 1. The lowest BCUT2D eigenvalue weighted by Gasteiger charge is -2.17. The summed E-state index contributed by atoms with van der Waals surface area (Å²) in [5, 5.41) is 29.1. The van der Waals surface area contributed by atoms with Crippen molar-refractivity contribution in [2.75, 3.05) is 13.1 Å². The molecule has 0 atom stereocenters. The first-order valence-corrected chi connectivity index (χ1v) is 6.43. The predicted octanol–water partition coefficient (Wildman–Crippen LogP) is 2.21. The van der Waals surface area contributed by atoms with E-state index in [9.17, 15) is 24.4 Å². The molecule has 116 valence electrons. The fraction of sp³-hybridized carbons (Fsp3) is 0.286. The fourth-order valence-corrected chi connectivity index (χ4v) is 1.82. The number of nitro benzene ring substituents is 1. The molecule has 7 nitrogen and oxygen atoms in total. The molecule has 0 aromatic heterocycles. The maximum atomic E-state index is 13.5. The van der Waals surface area contributed by atoms with E-state index in [2.05, 4.69) is 0 Å². The SMILES string of the molecule is CCN(CC)C(=O)C(C#N)=Cc1cc(F)c(O)c([N+](=O)[O-])c1. The first-order chi connectivity index (χ1) is 10.3. The normalized spacial score (nSPS) is 10.9. The molecule has 1 rings (SSSR count). The van der Waals surface area contributed by atoms with E-state index in [0.29, 0.717) is 13.1 Å². The molecule has 0 saturated heterocycles. The molecule has 0 aliphatic rings. The zero-order chi connectivity index (χ0) is 16.9. The number of carbonyl (C=O) groups is 1. The van der Waals surface area contributed by atoms with E-state index in [1.165, 1.54) is 4.90 Å². The predicted molar refractivity (Wildman–Crippen MR) is 76.2 cm³/mol. The molecule has 0 fully saturated rings. The summed E-state index contributed by atoms with van der Waals surface area (Å²) in [5.41, 5.74) is -1.17. The van der Waals surface area contributed by atoms with Crippen molar-refractivity contribution >= 4 is 17.7 Å². The number of rotatable bonds is 5. The number of carbonyl (C=O) groups excluding carboxylic acids is 1. The highest BCUT2D eigenvalue weighted by Crippen LogP contribution is 2.30. The largest absolute Gasteiger partial charge is 0.500 e. The second-order valence-corrected chi connectivity index (χ2v) is 4.27. The van der Waals surface area contributed by atoms with Gasteiger partial charge in [-0.05, 0) is 31.6 Å². The van der Waals surface area contributed by atoms with Crippen molar-refractivity contribution in [1.29, 1.82) is 5.26 Å². The third kappa shape index (κ3) is 3.58. The van der Waals surface area contributed by atoms with Crippen LogP contribution in [0.3, 0.4) is 0 Å². The van der Waals surface area contributed by atoms with Gasteiger partial charge in [0.1, 0.15) is 11.6 Å². The maximum absolute atomic E-state index is 13.5. The molecule has 0 bridgehead atoms. The Balaban J connectivity index is 3.33. The van der Waals surface area contributed by atoms with Crippen LogP contribution in [0, 0.1) is 27.3 Å². The molecule has 0 aliphatic carbocycles. The topological polar surface area (TPSA) is 107 Å². The average molecular weight is 307 g/mol. The Morgan fingerprint density at radius 1 is 1.50 bits per heavy atom. The Hall–Kier alpha value is -2.95. The van der Waals surface area contributed by atoms with Gasteiger partial charge < -0.3 is 10.0 Å². The number of amides is 1. The number of phenolic OH excluding ortho intramolecular Hbond substituents is 1. The van der Waals surface area contributed by atoms with Crippen molar-refractivity contribution in [2.24, 2.45) is 0 Å². The highest BCUT2D eigenvalue weighted by molar-refractivity contribution is 6.01. The van der Waals surface area contributed by atoms with Crippen LogP contribution < -0.4 is 0 Å². The molecule has 8 heteroatoms. The van der Waals surface area contributed by atoms with Gasteiger partial charge in [0, 0.05) is 19.2 Å². The van der Waals surface area contributed by atoms with Crippen LogP contribution in [0.15, 0.2) is 17.7 Å². The lowest BCUT2D eigenvalue weighted by atomic mass is 10.1. The van der Waals surface area contributed by atoms with Crippen molar-refractivity contribution in [3.8, 4) is 11.8 Å². The monoisotopic (exact) mass is 307 g/mol. The number of hydrogen-bond acceptors (Lipinski definition) is 5. The number of nitro groups is 1. The van der Waals surface area contributed by atoms with Gasteiger partial charge in [0.25, 0.3) is 5.91 Å². The van der Waals surface area contributed by atoms with Crippen LogP contribution in [0.2, 0.25) is 0 Å². The van der Waals surface area contributed by atoms with Crippen molar-refractivity contribution in [3.05, 3.63) is 39.2 Å². The van der Waals surface area contributed by atoms with Gasteiger partial charge in [-0.2, -0.15) is 5.26 Å². The van der Waals surface area contributed by atoms with Crippen LogP contribution in [0.1, 0.15) is 19.4 Å². The van der Waals surface area contributed by atoms with E-state index in [1.807, 2.05) is 0 Å². The standard InChI is InChI=1S/C14H14FN3O4/c1-3-17(4-2)14(20)10(8-16)5-9-6-11(15)13(19)12(7-9)18(21)22/h5-7,19H,3-4H2,1-2H3. The van der Waals surface area contributed by atoms with Crippen LogP contribution in [0.25, 0.3) is 6.08 Å². The lowest BCUT2D eigenvalue weighted by molar-refractivity contribution is -0.386. The molecular formula is C14H14FN3O4.